The van der Waals surface area contributed by atoms with Crippen LogP contribution in [0.1, 0.15) is 51.3 Å². The molecular formula is C21H28N8O. The Morgan fingerprint density at radius 2 is 2.07 bits per heavy atom. The number of nitrogens with one attached hydrogen (secondary N) is 1. The number of carbonyl (C=O) groups is 1. The van der Waals surface area contributed by atoms with Crippen LogP contribution < -0.4 is 5.32 Å². The zero-order valence-electron chi connectivity index (χ0n) is 17.8. The lowest BCUT2D eigenvalue weighted by Gasteiger charge is -2.16. The van der Waals surface area contributed by atoms with Gasteiger partial charge in [0.25, 0.3) is 0 Å². The molecule has 3 aromatic heterocycles. The Morgan fingerprint density at radius 1 is 1.23 bits per heavy atom. The van der Waals surface area contributed by atoms with Gasteiger partial charge in [-0.3, -0.25) is 9.48 Å². The zero-order chi connectivity index (χ0) is 20.8. The second-order valence-corrected chi connectivity index (χ2v) is 8.21. The Bertz CT molecular complexity index is 1100. The first-order valence-corrected chi connectivity index (χ1v) is 10.9. The number of hydrogen-bond acceptors (Lipinski definition) is 6. The minimum absolute atomic E-state index is 0.178. The second kappa shape index (κ2) is 7.37. The molecule has 5 rings (SSSR count). The molecule has 0 radical (unpaired) electrons. The third-order valence-electron chi connectivity index (χ3n) is 6.22. The Balaban J connectivity index is 1.52. The van der Waals surface area contributed by atoms with Crippen LogP contribution in [0.4, 0.5) is 5.82 Å². The van der Waals surface area contributed by atoms with Gasteiger partial charge < -0.3 is 14.8 Å². The van der Waals surface area contributed by atoms with E-state index in [1.54, 1.807) is 6.33 Å². The Kier molecular flexibility index (Phi) is 4.67. The number of imidazole rings is 1. The molecule has 1 saturated carbocycles. The van der Waals surface area contributed by atoms with Gasteiger partial charge in [0.15, 0.2) is 17.0 Å². The molecule has 3 aromatic rings. The van der Waals surface area contributed by atoms with E-state index in [2.05, 4.69) is 38.8 Å². The van der Waals surface area contributed by atoms with Crippen molar-refractivity contribution in [2.75, 3.05) is 18.4 Å². The lowest BCUT2D eigenvalue weighted by molar-refractivity contribution is -0.129. The molecule has 1 aliphatic carbocycles. The van der Waals surface area contributed by atoms with Crippen molar-refractivity contribution in [3.63, 3.8) is 0 Å². The molecule has 158 valence electrons. The number of likely N-dealkylation sites (tertiary alicyclic amines) is 1. The molecule has 9 heteroatoms. The molecule has 1 unspecified atom stereocenters. The van der Waals surface area contributed by atoms with E-state index in [1.165, 1.54) is 0 Å². The number of rotatable bonds is 6. The summed E-state index contributed by atoms with van der Waals surface area (Å²) in [6.45, 7) is 8.41. The SMILES string of the molecule is CCC(=O)N1CCC(Nc2ncnc3c2nc(-c2cnn(CC)c2C)n3C2CC2)C1. The normalized spacial score (nSPS) is 19.0. The van der Waals surface area contributed by atoms with E-state index in [4.69, 9.17) is 4.98 Å². The van der Waals surface area contributed by atoms with Crippen molar-refractivity contribution in [1.82, 2.24) is 34.2 Å². The van der Waals surface area contributed by atoms with E-state index in [-0.39, 0.29) is 11.9 Å². The van der Waals surface area contributed by atoms with Gasteiger partial charge in [-0.15, -0.1) is 0 Å². The first kappa shape index (κ1) is 19.0. The minimum atomic E-state index is 0.178. The van der Waals surface area contributed by atoms with Gasteiger partial charge in [-0.25, -0.2) is 15.0 Å². The average molecular weight is 409 g/mol. The average Bonchev–Trinajstić information content (AvgIpc) is 3.19. The number of anilines is 1. The Labute approximate surface area is 175 Å². The molecule has 2 fully saturated rings. The molecule has 9 nitrogen and oxygen atoms in total. The van der Waals surface area contributed by atoms with E-state index < -0.39 is 0 Å². The smallest absolute Gasteiger partial charge is 0.222 e. The second-order valence-electron chi connectivity index (χ2n) is 8.21. The number of amides is 1. The van der Waals surface area contributed by atoms with Crippen LogP contribution in [0, 0.1) is 6.92 Å². The summed E-state index contributed by atoms with van der Waals surface area (Å²) in [5.41, 5.74) is 3.83. The van der Waals surface area contributed by atoms with Gasteiger partial charge in [0.05, 0.1) is 11.8 Å². The van der Waals surface area contributed by atoms with Crippen molar-refractivity contribution in [2.24, 2.45) is 0 Å². The molecule has 1 saturated heterocycles. The number of nitrogens with zero attached hydrogens (tertiary/aromatic N) is 7. The standard InChI is InChI=1S/C21H28N8O/c1-4-17(30)27-9-8-14(11-27)25-19-18-21(23-12-22-19)29(15-6-7-15)20(26-18)16-10-24-28(5-2)13(16)3/h10,12,14-15H,4-9,11H2,1-3H3,(H,22,23,25). The summed E-state index contributed by atoms with van der Waals surface area (Å²) in [6.07, 6.45) is 7.26. The van der Waals surface area contributed by atoms with Gasteiger partial charge in [-0.05, 0) is 33.1 Å². The largest absolute Gasteiger partial charge is 0.364 e. The maximum absolute atomic E-state index is 12.0. The molecular weight excluding hydrogens is 380 g/mol. The van der Waals surface area contributed by atoms with Crippen molar-refractivity contribution >= 4 is 22.9 Å². The molecule has 2 aliphatic rings. The Hall–Kier alpha value is -2.97. The first-order chi connectivity index (χ1) is 14.6. The maximum atomic E-state index is 12.0. The summed E-state index contributed by atoms with van der Waals surface area (Å²) in [5.74, 6) is 1.87. The summed E-state index contributed by atoms with van der Waals surface area (Å²) < 4.78 is 4.25. The third-order valence-corrected chi connectivity index (χ3v) is 6.22. The van der Waals surface area contributed by atoms with Crippen molar-refractivity contribution < 1.29 is 4.79 Å². The minimum Gasteiger partial charge on any atom is -0.364 e. The van der Waals surface area contributed by atoms with Crippen LogP contribution in [0.5, 0.6) is 0 Å². The molecule has 0 aromatic carbocycles. The van der Waals surface area contributed by atoms with Gasteiger partial charge in [-0.1, -0.05) is 6.92 Å². The Morgan fingerprint density at radius 3 is 2.77 bits per heavy atom. The summed E-state index contributed by atoms with van der Waals surface area (Å²) in [7, 11) is 0. The van der Waals surface area contributed by atoms with Gasteiger partial charge in [0.1, 0.15) is 12.2 Å². The van der Waals surface area contributed by atoms with E-state index in [9.17, 15) is 4.79 Å². The highest BCUT2D eigenvalue weighted by atomic mass is 16.2. The number of carbonyl (C=O) groups excluding carboxylic acids is 1. The van der Waals surface area contributed by atoms with Gasteiger partial charge in [0, 0.05) is 43.8 Å². The summed E-state index contributed by atoms with van der Waals surface area (Å²) in [6, 6.07) is 0.610. The van der Waals surface area contributed by atoms with Crippen molar-refractivity contribution in [3.05, 3.63) is 18.2 Å². The predicted octanol–water partition coefficient (Wildman–Crippen LogP) is 2.78. The quantitative estimate of drug-likeness (QED) is 0.674. The van der Waals surface area contributed by atoms with Crippen LogP contribution >= 0.6 is 0 Å². The monoisotopic (exact) mass is 408 g/mol. The van der Waals surface area contributed by atoms with Crippen LogP contribution in [0.25, 0.3) is 22.6 Å². The van der Waals surface area contributed by atoms with Crippen molar-refractivity contribution in [1.29, 1.82) is 0 Å². The van der Waals surface area contributed by atoms with E-state index >= 15 is 0 Å². The van der Waals surface area contributed by atoms with E-state index in [0.717, 1.165) is 66.4 Å². The van der Waals surface area contributed by atoms with Crippen LogP contribution in [0.15, 0.2) is 12.5 Å². The van der Waals surface area contributed by atoms with Crippen LogP contribution in [-0.2, 0) is 11.3 Å². The fourth-order valence-corrected chi connectivity index (χ4v) is 4.39. The molecule has 1 atom stereocenters. The molecule has 1 aliphatic heterocycles. The number of fused-ring (bicyclic) bond motifs is 1. The highest BCUT2D eigenvalue weighted by molar-refractivity contribution is 5.87. The molecule has 0 spiro atoms. The van der Waals surface area contributed by atoms with Crippen LogP contribution in [0.2, 0.25) is 0 Å². The highest BCUT2D eigenvalue weighted by Gasteiger charge is 2.32. The fraction of sp³-hybridized carbons (Fsp3) is 0.571. The van der Waals surface area contributed by atoms with E-state index in [0.29, 0.717) is 19.0 Å². The highest BCUT2D eigenvalue weighted by Crippen LogP contribution is 2.42. The topological polar surface area (TPSA) is 93.8 Å². The maximum Gasteiger partial charge on any atom is 0.222 e. The summed E-state index contributed by atoms with van der Waals surface area (Å²) in [4.78, 5) is 28.1. The fourth-order valence-electron chi connectivity index (χ4n) is 4.39. The van der Waals surface area contributed by atoms with Gasteiger partial charge in [0.2, 0.25) is 5.91 Å². The summed E-state index contributed by atoms with van der Waals surface area (Å²) in [5, 5.41) is 8.05. The van der Waals surface area contributed by atoms with Crippen LogP contribution in [-0.4, -0.2) is 59.2 Å². The molecule has 30 heavy (non-hydrogen) atoms. The van der Waals surface area contributed by atoms with E-state index in [1.807, 2.05) is 22.7 Å². The van der Waals surface area contributed by atoms with Gasteiger partial charge >= 0.3 is 0 Å². The number of hydrogen-bond donors (Lipinski definition) is 1. The lowest BCUT2D eigenvalue weighted by atomic mass is 10.2. The molecule has 1 N–H and O–H groups in total. The molecule has 1 amide bonds. The third kappa shape index (κ3) is 3.12. The van der Waals surface area contributed by atoms with Crippen molar-refractivity contribution in [2.45, 2.75) is 65.1 Å². The van der Waals surface area contributed by atoms with Crippen LogP contribution in [0.3, 0.4) is 0 Å². The molecule has 0 bridgehead atoms. The van der Waals surface area contributed by atoms with Gasteiger partial charge in [-0.2, -0.15) is 5.10 Å². The predicted molar refractivity (Wildman–Crippen MR) is 114 cm³/mol. The summed E-state index contributed by atoms with van der Waals surface area (Å²) >= 11 is 0. The zero-order valence-corrected chi connectivity index (χ0v) is 17.8. The van der Waals surface area contributed by atoms with Crippen molar-refractivity contribution in [3.8, 4) is 11.4 Å². The number of aromatic nitrogens is 6. The lowest BCUT2D eigenvalue weighted by Crippen LogP contribution is -2.31. The number of aryl methyl sites for hydroxylation is 1. The molecule has 4 heterocycles. The first-order valence-electron chi connectivity index (χ1n) is 10.9.